The molecule has 4 amide bonds. The highest BCUT2D eigenvalue weighted by atomic mass is 32.2. The zero-order valence-electron chi connectivity index (χ0n) is 33.8. The Balaban J connectivity index is 0.943. The maximum Gasteiger partial charge on any atom is 0.254 e. The zero-order valence-corrected chi connectivity index (χ0v) is 34.6. The number of sulfonamides is 1. The van der Waals surface area contributed by atoms with Crippen molar-refractivity contribution in [3.05, 3.63) is 108 Å². The molecule has 2 saturated carbocycles. The van der Waals surface area contributed by atoms with E-state index < -0.39 is 26.5 Å². The molecule has 3 aliphatic heterocycles. The van der Waals surface area contributed by atoms with Gasteiger partial charge in [0.05, 0.1) is 18.0 Å². The molecule has 15 heteroatoms. The van der Waals surface area contributed by atoms with E-state index in [1.807, 2.05) is 54.6 Å². The lowest BCUT2D eigenvalue weighted by atomic mass is 10.0. The summed E-state index contributed by atoms with van der Waals surface area (Å²) in [6.07, 6.45) is 2.27. The van der Waals surface area contributed by atoms with Gasteiger partial charge in [-0.2, -0.15) is 0 Å². The molecule has 2 N–H and O–H groups in total. The fourth-order valence-corrected chi connectivity index (χ4v) is 10.3. The van der Waals surface area contributed by atoms with Crippen LogP contribution in [0.5, 0.6) is 0 Å². The number of hydrogen-bond acceptors (Lipinski definition) is 9. The number of ether oxygens (including phenoxy) is 1. The van der Waals surface area contributed by atoms with Crippen molar-refractivity contribution in [3.63, 3.8) is 0 Å². The van der Waals surface area contributed by atoms with Crippen LogP contribution in [0.25, 0.3) is 22.3 Å². The molecule has 0 aromatic heterocycles. The van der Waals surface area contributed by atoms with Crippen LogP contribution in [-0.2, 0) is 24.3 Å². The van der Waals surface area contributed by atoms with Crippen LogP contribution in [-0.4, -0.2) is 144 Å². The smallest absolute Gasteiger partial charge is 0.254 e. The first-order valence-electron chi connectivity index (χ1n) is 21.0. The lowest BCUT2D eigenvalue weighted by molar-refractivity contribution is -0.144. The molecule has 4 aromatic carbocycles. The quantitative estimate of drug-likeness (QED) is 0.241. The summed E-state index contributed by atoms with van der Waals surface area (Å²) in [5, 5.41) is 19.7. The van der Waals surface area contributed by atoms with E-state index in [1.165, 1.54) is 4.31 Å². The second kappa shape index (κ2) is 16.0. The molecule has 5 fully saturated rings. The van der Waals surface area contributed by atoms with Crippen molar-refractivity contribution in [1.82, 2.24) is 19.6 Å². The average Bonchev–Trinajstić information content (AvgIpc) is 4.17. The van der Waals surface area contributed by atoms with Gasteiger partial charge in [-0.1, -0.05) is 54.6 Å². The van der Waals surface area contributed by atoms with Crippen LogP contribution in [0.4, 0.5) is 11.4 Å². The lowest BCUT2D eigenvalue weighted by Gasteiger charge is -2.35. The Bertz CT molecular complexity index is 2450. The summed E-state index contributed by atoms with van der Waals surface area (Å²) in [6, 6.07) is 28.8. The fourth-order valence-electron chi connectivity index (χ4n) is 8.47. The third-order valence-corrected chi connectivity index (χ3v) is 14.8. The van der Waals surface area contributed by atoms with Gasteiger partial charge < -0.3 is 34.5 Å². The number of carbonyl (C=O) groups is 4. The minimum Gasteiger partial charge on any atom is -0.380 e. The molecular formula is C46H49N5O9S. The molecule has 1 unspecified atom stereocenters. The predicted molar refractivity (Wildman–Crippen MR) is 227 cm³/mol. The normalized spacial score (nSPS) is 20.6. The molecule has 9 rings (SSSR count). The molecule has 3 saturated heterocycles. The van der Waals surface area contributed by atoms with Gasteiger partial charge in [-0.05, 0) is 91.3 Å². The highest BCUT2D eigenvalue weighted by Crippen LogP contribution is 2.41. The van der Waals surface area contributed by atoms with Gasteiger partial charge in [0.25, 0.3) is 23.6 Å². The summed E-state index contributed by atoms with van der Waals surface area (Å²) in [5.41, 5.74) is 2.28. The Labute approximate surface area is 355 Å². The Morgan fingerprint density at radius 1 is 0.590 bits per heavy atom. The van der Waals surface area contributed by atoms with Crippen molar-refractivity contribution in [1.29, 1.82) is 0 Å². The SMILES string of the molecule is O=C(c1ccc(-c2cccc(N(c3ccccc3-c3ccc(C(=O)N4CCN(C(=O)C5(O)CC5)CC4)cc3)S(=O)(=O)C3CCOC3)c2)cc1)N1CCN(C(=O)C2(O)CC2)CC1. The van der Waals surface area contributed by atoms with Crippen LogP contribution in [0.2, 0.25) is 0 Å². The van der Waals surface area contributed by atoms with Crippen molar-refractivity contribution in [2.45, 2.75) is 48.6 Å². The standard InChI is InChI=1S/C46H49N5O9S/c52-41(47-21-25-49(26-22-47)43(54)45(56)17-18-45)34-12-8-32(9-13-34)36-4-3-5-37(30-36)51(61(58,59)38-16-29-60-31-38)40-7-2-1-6-39(40)33-10-14-35(15-11-33)42(53)48-23-27-50(28-24-48)44(55)46(57)19-20-46/h1-15,30,38,56-57H,16-29,31H2. The van der Waals surface area contributed by atoms with E-state index in [2.05, 4.69) is 0 Å². The molecular weight excluding hydrogens is 799 g/mol. The van der Waals surface area contributed by atoms with Crippen molar-refractivity contribution >= 4 is 45.0 Å². The number of piperazine rings is 2. The molecule has 2 aliphatic carbocycles. The number of aliphatic hydroxyl groups is 2. The van der Waals surface area contributed by atoms with E-state index in [-0.39, 0.29) is 30.2 Å². The number of amides is 4. The van der Waals surface area contributed by atoms with E-state index in [4.69, 9.17) is 4.74 Å². The Morgan fingerprint density at radius 3 is 1.57 bits per heavy atom. The highest BCUT2D eigenvalue weighted by Gasteiger charge is 2.51. The van der Waals surface area contributed by atoms with Crippen molar-refractivity contribution < 1.29 is 42.5 Å². The van der Waals surface area contributed by atoms with Crippen molar-refractivity contribution in [2.75, 3.05) is 69.9 Å². The van der Waals surface area contributed by atoms with Gasteiger partial charge in [0.1, 0.15) is 16.5 Å². The maximum atomic E-state index is 14.7. The summed E-state index contributed by atoms with van der Waals surface area (Å²) in [5.74, 6) is -0.836. The fraction of sp³-hybridized carbons (Fsp3) is 0.391. The maximum absolute atomic E-state index is 14.7. The second-order valence-electron chi connectivity index (χ2n) is 16.7. The van der Waals surface area contributed by atoms with E-state index >= 15 is 0 Å². The Hall–Kier alpha value is -5.61. The number of anilines is 2. The van der Waals surface area contributed by atoms with E-state index in [0.29, 0.717) is 125 Å². The molecule has 1 atom stereocenters. The molecule has 0 bridgehead atoms. The molecule has 0 spiro atoms. The zero-order chi connectivity index (χ0) is 42.5. The number of nitrogens with zero attached hydrogens (tertiary/aromatic N) is 5. The molecule has 318 valence electrons. The van der Waals surface area contributed by atoms with Crippen LogP contribution >= 0.6 is 0 Å². The first kappa shape index (κ1) is 40.8. The Kier molecular flexibility index (Phi) is 10.7. The van der Waals surface area contributed by atoms with Gasteiger partial charge >= 0.3 is 0 Å². The molecule has 4 aromatic rings. The molecule has 0 radical (unpaired) electrons. The molecule has 14 nitrogen and oxygen atoms in total. The van der Waals surface area contributed by atoms with Crippen LogP contribution in [0.15, 0.2) is 97.1 Å². The highest BCUT2D eigenvalue weighted by molar-refractivity contribution is 7.93. The largest absolute Gasteiger partial charge is 0.380 e. The van der Waals surface area contributed by atoms with Crippen LogP contribution < -0.4 is 4.31 Å². The number of hydrogen-bond donors (Lipinski definition) is 2. The summed E-state index contributed by atoms with van der Waals surface area (Å²) in [4.78, 5) is 58.9. The van der Waals surface area contributed by atoms with Gasteiger partial charge in [0.15, 0.2) is 0 Å². The third kappa shape index (κ3) is 8.03. The lowest BCUT2D eigenvalue weighted by Crippen LogP contribution is -2.53. The summed E-state index contributed by atoms with van der Waals surface area (Å²) >= 11 is 0. The monoisotopic (exact) mass is 847 g/mol. The van der Waals surface area contributed by atoms with Gasteiger partial charge in [-0.3, -0.25) is 19.2 Å². The van der Waals surface area contributed by atoms with Crippen molar-refractivity contribution in [3.8, 4) is 22.3 Å². The number of carbonyl (C=O) groups excluding carboxylic acids is 4. The predicted octanol–water partition coefficient (Wildman–Crippen LogP) is 3.90. The minimum absolute atomic E-state index is 0.0733. The first-order chi connectivity index (χ1) is 29.3. The summed E-state index contributed by atoms with van der Waals surface area (Å²) in [6.45, 7) is 3.34. The second-order valence-corrected chi connectivity index (χ2v) is 18.8. The van der Waals surface area contributed by atoms with Gasteiger partial charge in [-0.15, -0.1) is 0 Å². The van der Waals surface area contributed by atoms with Crippen LogP contribution in [0.1, 0.15) is 52.8 Å². The summed E-state index contributed by atoms with van der Waals surface area (Å²) < 4.78 is 36.3. The van der Waals surface area contributed by atoms with E-state index in [0.717, 1.165) is 11.1 Å². The van der Waals surface area contributed by atoms with Gasteiger partial charge in [-0.25, -0.2) is 12.7 Å². The van der Waals surface area contributed by atoms with Gasteiger partial charge in [0.2, 0.25) is 10.0 Å². The number of rotatable bonds is 10. The first-order valence-corrected chi connectivity index (χ1v) is 22.5. The topological polar surface area (TPSA) is 168 Å². The van der Waals surface area contributed by atoms with Gasteiger partial charge in [0, 0.05) is 75.7 Å². The third-order valence-electron chi connectivity index (χ3n) is 12.6. The number of para-hydroxylation sites is 1. The average molecular weight is 848 g/mol. The van der Waals surface area contributed by atoms with Crippen LogP contribution in [0.3, 0.4) is 0 Å². The molecule has 3 heterocycles. The minimum atomic E-state index is -4.02. The Morgan fingerprint density at radius 2 is 1.08 bits per heavy atom. The number of benzene rings is 4. The van der Waals surface area contributed by atoms with E-state index in [1.54, 1.807) is 62.1 Å². The molecule has 61 heavy (non-hydrogen) atoms. The van der Waals surface area contributed by atoms with Crippen LogP contribution in [0, 0.1) is 0 Å². The summed E-state index contributed by atoms with van der Waals surface area (Å²) in [7, 11) is -4.02. The van der Waals surface area contributed by atoms with E-state index in [9.17, 15) is 37.8 Å². The molecule has 5 aliphatic rings. The van der Waals surface area contributed by atoms with Crippen molar-refractivity contribution in [2.24, 2.45) is 0 Å².